The lowest BCUT2D eigenvalue weighted by atomic mass is 10.2. The molecular weight excluding hydrogens is 271 g/mol. The van der Waals surface area contributed by atoms with Crippen molar-refractivity contribution in [3.05, 3.63) is 52.3 Å². The molecule has 5 heteroatoms. The second-order valence-corrected chi connectivity index (χ2v) is 4.53. The molecule has 0 bridgehead atoms. The standard InChI is InChI=1S/C13H12Cl2N2O/c1-16-7-9-8-17-5-4-12(9)18-13-6-10(14)2-3-11(13)15/h2-6,8,16H,7H2,1H3. The fourth-order valence-corrected chi connectivity index (χ4v) is 1.83. The summed E-state index contributed by atoms with van der Waals surface area (Å²) >= 11 is 12.0. The van der Waals surface area contributed by atoms with Crippen LogP contribution in [-0.2, 0) is 6.54 Å². The molecule has 0 unspecified atom stereocenters. The molecule has 0 fully saturated rings. The Balaban J connectivity index is 2.30. The molecule has 1 aromatic carbocycles. The molecule has 0 aliphatic heterocycles. The molecule has 94 valence electrons. The van der Waals surface area contributed by atoms with Crippen LogP contribution in [-0.4, -0.2) is 12.0 Å². The lowest BCUT2D eigenvalue weighted by molar-refractivity contribution is 0.473. The first-order valence-electron chi connectivity index (χ1n) is 5.41. The zero-order valence-electron chi connectivity index (χ0n) is 9.78. The van der Waals surface area contributed by atoms with Crippen LogP contribution in [0.1, 0.15) is 5.56 Å². The van der Waals surface area contributed by atoms with Crippen molar-refractivity contribution in [1.29, 1.82) is 0 Å². The van der Waals surface area contributed by atoms with Crippen LogP contribution >= 0.6 is 23.2 Å². The van der Waals surface area contributed by atoms with Crippen molar-refractivity contribution >= 4 is 23.2 Å². The van der Waals surface area contributed by atoms with Gasteiger partial charge in [0.05, 0.1) is 5.02 Å². The van der Waals surface area contributed by atoms with Crippen LogP contribution < -0.4 is 10.1 Å². The highest BCUT2D eigenvalue weighted by molar-refractivity contribution is 6.34. The summed E-state index contributed by atoms with van der Waals surface area (Å²) in [6, 6.07) is 6.91. The minimum atomic E-state index is 0.520. The Morgan fingerprint density at radius 3 is 2.83 bits per heavy atom. The summed E-state index contributed by atoms with van der Waals surface area (Å²) in [5.74, 6) is 1.25. The van der Waals surface area contributed by atoms with Gasteiger partial charge < -0.3 is 10.1 Å². The van der Waals surface area contributed by atoms with Crippen molar-refractivity contribution in [2.75, 3.05) is 7.05 Å². The second kappa shape index (κ2) is 6.05. The Labute approximate surface area is 116 Å². The molecule has 1 heterocycles. The fraction of sp³-hybridized carbons (Fsp3) is 0.154. The van der Waals surface area contributed by atoms with Gasteiger partial charge in [0.25, 0.3) is 0 Å². The zero-order valence-corrected chi connectivity index (χ0v) is 11.3. The van der Waals surface area contributed by atoms with Gasteiger partial charge >= 0.3 is 0 Å². The van der Waals surface area contributed by atoms with Crippen LogP contribution in [0.5, 0.6) is 11.5 Å². The number of benzene rings is 1. The summed E-state index contributed by atoms with van der Waals surface area (Å²) in [6.07, 6.45) is 3.43. The molecule has 0 aliphatic carbocycles. The first kappa shape index (κ1) is 13.1. The Morgan fingerprint density at radius 2 is 2.06 bits per heavy atom. The van der Waals surface area contributed by atoms with E-state index in [0.717, 1.165) is 5.56 Å². The number of nitrogens with one attached hydrogen (secondary N) is 1. The van der Waals surface area contributed by atoms with Crippen molar-refractivity contribution in [1.82, 2.24) is 10.3 Å². The third kappa shape index (κ3) is 3.13. The van der Waals surface area contributed by atoms with Crippen LogP contribution in [0.3, 0.4) is 0 Å². The molecule has 0 saturated carbocycles. The maximum atomic E-state index is 6.06. The largest absolute Gasteiger partial charge is 0.455 e. The summed E-state index contributed by atoms with van der Waals surface area (Å²) in [6.45, 7) is 0.668. The van der Waals surface area contributed by atoms with Gasteiger partial charge in [-0.25, -0.2) is 0 Å². The average Bonchev–Trinajstić information content (AvgIpc) is 2.36. The number of halogens is 2. The molecule has 3 nitrogen and oxygen atoms in total. The maximum Gasteiger partial charge on any atom is 0.147 e. The molecule has 0 saturated heterocycles. The molecule has 0 amide bonds. The van der Waals surface area contributed by atoms with Gasteiger partial charge in [-0.05, 0) is 25.2 Å². The van der Waals surface area contributed by atoms with Crippen LogP contribution in [0.2, 0.25) is 10.0 Å². The van der Waals surface area contributed by atoms with E-state index in [2.05, 4.69) is 10.3 Å². The number of ether oxygens (including phenoxy) is 1. The zero-order chi connectivity index (χ0) is 13.0. The van der Waals surface area contributed by atoms with Crippen molar-refractivity contribution in [2.45, 2.75) is 6.54 Å². The van der Waals surface area contributed by atoms with E-state index < -0.39 is 0 Å². The molecule has 0 spiro atoms. The number of pyridine rings is 1. The van der Waals surface area contributed by atoms with Gasteiger partial charge in [-0.3, -0.25) is 4.98 Å². The van der Waals surface area contributed by atoms with E-state index in [9.17, 15) is 0 Å². The SMILES string of the molecule is CNCc1cnccc1Oc1cc(Cl)ccc1Cl. The van der Waals surface area contributed by atoms with Crippen molar-refractivity contribution in [3.63, 3.8) is 0 Å². The lowest BCUT2D eigenvalue weighted by Crippen LogP contribution is -2.06. The molecule has 18 heavy (non-hydrogen) atoms. The number of hydrogen-bond donors (Lipinski definition) is 1. The first-order chi connectivity index (χ1) is 8.70. The Morgan fingerprint density at radius 1 is 1.22 bits per heavy atom. The Kier molecular flexibility index (Phi) is 4.42. The van der Waals surface area contributed by atoms with Crippen LogP contribution in [0.4, 0.5) is 0 Å². The summed E-state index contributed by atoms with van der Waals surface area (Å²) in [5.41, 5.74) is 0.955. The number of aromatic nitrogens is 1. The lowest BCUT2D eigenvalue weighted by Gasteiger charge is -2.11. The summed E-state index contributed by atoms with van der Waals surface area (Å²) < 4.78 is 5.78. The summed E-state index contributed by atoms with van der Waals surface area (Å²) in [5, 5.41) is 4.16. The maximum absolute atomic E-state index is 6.06. The molecule has 1 N–H and O–H groups in total. The summed E-state index contributed by atoms with van der Waals surface area (Å²) in [4.78, 5) is 4.07. The molecule has 0 aliphatic rings. The van der Waals surface area contributed by atoms with Crippen LogP contribution in [0, 0.1) is 0 Å². The Bertz CT molecular complexity index is 546. The second-order valence-electron chi connectivity index (χ2n) is 3.69. The van der Waals surface area contributed by atoms with Crippen LogP contribution in [0.15, 0.2) is 36.7 Å². The number of rotatable bonds is 4. The quantitative estimate of drug-likeness (QED) is 0.924. The van der Waals surface area contributed by atoms with Gasteiger partial charge in [-0.15, -0.1) is 0 Å². The van der Waals surface area contributed by atoms with Crippen LogP contribution in [0.25, 0.3) is 0 Å². The van der Waals surface area contributed by atoms with E-state index in [-0.39, 0.29) is 0 Å². The third-order valence-corrected chi connectivity index (χ3v) is 2.89. The average molecular weight is 283 g/mol. The molecule has 2 aromatic rings. The van der Waals surface area contributed by atoms with Crippen molar-refractivity contribution in [3.8, 4) is 11.5 Å². The predicted molar refractivity (Wildman–Crippen MR) is 73.5 cm³/mol. The summed E-state index contributed by atoms with van der Waals surface area (Å²) in [7, 11) is 1.86. The van der Waals surface area contributed by atoms with Gasteiger partial charge in [0.2, 0.25) is 0 Å². The Hall–Kier alpha value is -1.29. The van der Waals surface area contributed by atoms with E-state index in [1.807, 2.05) is 7.05 Å². The predicted octanol–water partition coefficient (Wildman–Crippen LogP) is 3.90. The molecule has 1 aromatic heterocycles. The minimum Gasteiger partial charge on any atom is -0.455 e. The van der Waals surface area contributed by atoms with Gasteiger partial charge in [0.1, 0.15) is 11.5 Å². The van der Waals surface area contributed by atoms with E-state index in [0.29, 0.717) is 28.1 Å². The first-order valence-corrected chi connectivity index (χ1v) is 6.16. The normalized spacial score (nSPS) is 10.4. The third-order valence-electron chi connectivity index (χ3n) is 2.34. The number of hydrogen-bond acceptors (Lipinski definition) is 3. The van der Waals surface area contributed by atoms with Crippen molar-refractivity contribution < 1.29 is 4.74 Å². The molecular formula is C13H12Cl2N2O. The highest BCUT2D eigenvalue weighted by Gasteiger charge is 2.08. The van der Waals surface area contributed by atoms with E-state index in [4.69, 9.17) is 27.9 Å². The van der Waals surface area contributed by atoms with Gasteiger partial charge in [-0.2, -0.15) is 0 Å². The van der Waals surface area contributed by atoms with Gasteiger partial charge in [0, 0.05) is 35.6 Å². The van der Waals surface area contributed by atoms with E-state index in [1.54, 1.807) is 36.7 Å². The smallest absolute Gasteiger partial charge is 0.147 e. The van der Waals surface area contributed by atoms with E-state index >= 15 is 0 Å². The highest BCUT2D eigenvalue weighted by Crippen LogP contribution is 2.32. The molecule has 2 rings (SSSR count). The van der Waals surface area contributed by atoms with Gasteiger partial charge in [0.15, 0.2) is 0 Å². The van der Waals surface area contributed by atoms with E-state index in [1.165, 1.54) is 0 Å². The highest BCUT2D eigenvalue weighted by atomic mass is 35.5. The topological polar surface area (TPSA) is 34.2 Å². The molecule has 0 atom stereocenters. The molecule has 0 radical (unpaired) electrons. The monoisotopic (exact) mass is 282 g/mol. The van der Waals surface area contributed by atoms with Crippen molar-refractivity contribution in [2.24, 2.45) is 0 Å². The number of nitrogens with zero attached hydrogens (tertiary/aromatic N) is 1. The van der Waals surface area contributed by atoms with Gasteiger partial charge in [-0.1, -0.05) is 23.2 Å². The minimum absolute atomic E-state index is 0.520. The fourth-order valence-electron chi connectivity index (χ4n) is 1.51.